The smallest absolute Gasteiger partial charge is 0.416 e. The van der Waals surface area contributed by atoms with Crippen LogP contribution in [0.15, 0.2) is 42.5 Å². The van der Waals surface area contributed by atoms with E-state index in [0.29, 0.717) is 13.1 Å². The van der Waals surface area contributed by atoms with E-state index < -0.39 is 11.7 Å². The van der Waals surface area contributed by atoms with Crippen LogP contribution in [-0.4, -0.2) is 31.1 Å². The molecule has 0 aliphatic carbocycles. The van der Waals surface area contributed by atoms with E-state index in [9.17, 15) is 18.0 Å². The average Bonchev–Trinajstić information content (AvgIpc) is 3.02. The number of halogens is 3. The number of carbonyl (C=O) groups is 1. The fourth-order valence-electron chi connectivity index (χ4n) is 2.98. The lowest BCUT2D eigenvalue weighted by atomic mass is 10.00. The largest absolute Gasteiger partial charge is 0.497 e. The van der Waals surface area contributed by atoms with Crippen molar-refractivity contribution in [2.24, 2.45) is 5.92 Å². The van der Waals surface area contributed by atoms with Crippen LogP contribution in [0.4, 0.5) is 24.0 Å². The Kier molecular flexibility index (Phi) is 4.62. The Morgan fingerprint density at radius 3 is 2.75 bits per heavy atom. The highest BCUT2D eigenvalue weighted by molar-refractivity contribution is 7.22. The van der Waals surface area contributed by atoms with Gasteiger partial charge in [0.2, 0.25) is 5.91 Å². The van der Waals surface area contributed by atoms with Gasteiger partial charge in [-0.3, -0.25) is 4.79 Å². The Hall–Kier alpha value is -2.81. The third-order valence-electron chi connectivity index (χ3n) is 4.56. The highest BCUT2D eigenvalue weighted by Gasteiger charge is 2.35. The summed E-state index contributed by atoms with van der Waals surface area (Å²) in [5.41, 5.74) is 0.187. The summed E-state index contributed by atoms with van der Waals surface area (Å²) in [6, 6.07) is 10.3. The molecular formula is C19H16F3N3O2S. The van der Waals surface area contributed by atoms with Crippen LogP contribution in [0.2, 0.25) is 0 Å². The van der Waals surface area contributed by atoms with Gasteiger partial charge in [0, 0.05) is 24.8 Å². The second-order valence-electron chi connectivity index (χ2n) is 6.50. The molecule has 0 bridgehead atoms. The lowest BCUT2D eigenvalue weighted by Crippen LogP contribution is -2.52. The third kappa shape index (κ3) is 3.62. The molecule has 1 fully saturated rings. The molecule has 5 nitrogen and oxygen atoms in total. The van der Waals surface area contributed by atoms with Gasteiger partial charge in [0.25, 0.3) is 0 Å². The molecule has 28 heavy (non-hydrogen) atoms. The van der Waals surface area contributed by atoms with Crippen molar-refractivity contribution in [3.05, 3.63) is 48.0 Å². The van der Waals surface area contributed by atoms with Crippen LogP contribution >= 0.6 is 11.3 Å². The number of hydrogen-bond acceptors (Lipinski definition) is 5. The normalized spacial score (nSPS) is 14.8. The van der Waals surface area contributed by atoms with Crippen molar-refractivity contribution in [3.8, 4) is 5.75 Å². The maximum atomic E-state index is 12.8. The van der Waals surface area contributed by atoms with Crippen LogP contribution in [0, 0.1) is 5.92 Å². The molecule has 1 amide bonds. The van der Waals surface area contributed by atoms with E-state index in [2.05, 4.69) is 10.3 Å². The first-order valence-electron chi connectivity index (χ1n) is 8.51. The first kappa shape index (κ1) is 18.5. The Balaban J connectivity index is 1.39. The molecule has 9 heteroatoms. The summed E-state index contributed by atoms with van der Waals surface area (Å²) in [4.78, 5) is 18.9. The number of amides is 1. The van der Waals surface area contributed by atoms with E-state index in [4.69, 9.17) is 4.74 Å². The van der Waals surface area contributed by atoms with Gasteiger partial charge in [-0.05, 0) is 30.3 Å². The molecule has 0 unspecified atom stereocenters. The van der Waals surface area contributed by atoms with Crippen LogP contribution in [0.1, 0.15) is 5.56 Å². The van der Waals surface area contributed by atoms with Gasteiger partial charge in [0.05, 0.1) is 28.8 Å². The molecule has 0 atom stereocenters. The third-order valence-corrected chi connectivity index (χ3v) is 5.66. The molecule has 3 aromatic rings. The SMILES string of the molecule is COc1ccc2sc(N3CC(C(=O)Nc4cccc(C(F)(F)F)c4)C3)nc2c1. The van der Waals surface area contributed by atoms with Gasteiger partial charge in [-0.25, -0.2) is 4.98 Å². The van der Waals surface area contributed by atoms with Crippen LogP contribution in [0.5, 0.6) is 5.75 Å². The van der Waals surface area contributed by atoms with Crippen molar-refractivity contribution in [3.63, 3.8) is 0 Å². The zero-order valence-electron chi connectivity index (χ0n) is 14.8. The lowest BCUT2D eigenvalue weighted by Gasteiger charge is -2.37. The van der Waals surface area contributed by atoms with Crippen LogP contribution in [0.25, 0.3) is 10.2 Å². The van der Waals surface area contributed by atoms with Crippen molar-refractivity contribution in [2.75, 3.05) is 30.4 Å². The zero-order chi connectivity index (χ0) is 19.9. The second-order valence-corrected chi connectivity index (χ2v) is 7.51. The first-order valence-corrected chi connectivity index (χ1v) is 9.33. The molecule has 0 saturated carbocycles. The van der Waals surface area contributed by atoms with Crippen LogP contribution in [0.3, 0.4) is 0 Å². The number of ether oxygens (including phenoxy) is 1. The number of nitrogens with zero attached hydrogens (tertiary/aromatic N) is 2. The molecule has 2 aromatic carbocycles. The molecule has 2 heterocycles. The van der Waals surface area contributed by atoms with Gasteiger partial charge < -0.3 is 15.0 Å². The number of benzene rings is 2. The second kappa shape index (κ2) is 6.97. The highest BCUT2D eigenvalue weighted by atomic mass is 32.1. The molecular weight excluding hydrogens is 391 g/mol. The Morgan fingerprint density at radius 1 is 1.25 bits per heavy atom. The molecule has 0 radical (unpaired) electrons. The number of nitrogens with one attached hydrogen (secondary N) is 1. The maximum absolute atomic E-state index is 12.8. The van der Waals surface area contributed by atoms with Gasteiger partial charge in [-0.15, -0.1) is 0 Å². The first-order chi connectivity index (χ1) is 13.3. The number of fused-ring (bicyclic) bond motifs is 1. The minimum Gasteiger partial charge on any atom is -0.497 e. The average molecular weight is 407 g/mol. The minimum absolute atomic E-state index is 0.144. The summed E-state index contributed by atoms with van der Waals surface area (Å²) in [5.74, 6) is 0.140. The summed E-state index contributed by atoms with van der Waals surface area (Å²) < 4.78 is 44.6. The minimum atomic E-state index is -4.44. The van der Waals surface area contributed by atoms with Crippen molar-refractivity contribution in [1.29, 1.82) is 0 Å². The molecule has 0 spiro atoms. The van der Waals surface area contributed by atoms with Gasteiger partial charge in [-0.2, -0.15) is 13.2 Å². The summed E-state index contributed by atoms with van der Waals surface area (Å²) in [6.45, 7) is 0.948. The summed E-state index contributed by atoms with van der Waals surface area (Å²) in [6.07, 6.45) is -4.44. The quantitative estimate of drug-likeness (QED) is 0.697. The van der Waals surface area contributed by atoms with Crippen molar-refractivity contribution < 1.29 is 22.7 Å². The number of thiazole rings is 1. The molecule has 4 rings (SSSR count). The van der Waals surface area contributed by atoms with Crippen molar-refractivity contribution in [1.82, 2.24) is 4.98 Å². The molecule has 1 aliphatic heterocycles. The fraction of sp³-hybridized carbons (Fsp3) is 0.263. The van der Waals surface area contributed by atoms with E-state index in [1.54, 1.807) is 7.11 Å². The standard InChI is InChI=1S/C19H16F3N3O2S/c1-27-14-5-6-16-15(8-14)24-18(28-16)25-9-11(10-25)17(26)23-13-4-2-3-12(7-13)19(20,21)22/h2-8,11H,9-10H2,1H3,(H,23,26). The summed E-state index contributed by atoms with van der Waals surface area (Å²) >= 11 is 1.53. The monoisotopic (exact) mass is 407 g/mol. The maximum Gasteiger partial charge on any atom is 0.416 e. The number of aromatic nitrogens is 1. The Morgan fingerprint density at radius 2 is 2.04 bits per heavy atom. The van der Waals surface area contributed by atoms with Gasteiger partial charge in [-0.1, -0.05) is 17.4 Å². The molecule has 1 aliphatic rings. The van der Waals surface area contributed by atoms with Gasteiger partial charge in [0.15, 0.2) is 5.13 Å². The number of hydrogen-bond donors (Lipinski definition) is 1. The van der Waals surface area contributed by atoms with Crippen molar-refractivity contribution in [2.45, 2.75) is 6.18 Å². The Bertz CT molecular complexity index is 1030. The zero-order valence-corrected chi connectivity index (χ0v) is 15.6. The van der Waals surface area contributed by atoms with E-state index in [0.717, 1.165) is 33.2 Å². The van der Waals surface area contributed by atoms with E-state index in [1.807, 2.05) is 23.1 Å². The number of methoxy groups -OCH3 is 1. The topological polar surface area (TPSA) is 54.5 Å². The number of alkyl halides is 3. The van der Waals surface area contributed by atoms with Crippen LogP contribution in [-0.2, 0) is 11.0 Å². The Labute approximate surface area is 162 Å². The summed E-state index contributed by atoms with van der Waals surface area (Å²) in [5, 5.41) is 3.38. The predicted molar refractivity (Wildman–Crippen MR) is 102 cm³/mol. The highest BCUT2D eigenvalue weighted by Crippen LogP contribution is 2.35. The van der Waals surface area contributed by atoms with Crippen LogP contribution < -0.4 is 15.0 Å². The molecule has 1 aromatic heterocycles. The van der Waals surface area contributed by atoms with E-state index in [1.165, 1.54) is 23.5 Å². The predicted octanol–water partition coefficient (Wildman–Crippen LogP) is 4.40. The molecule has 1 saturated heterocycles. The van der Waals surface area contributed by atoms with E-state index in [-0.39, 0.29) is 17.5 Å². The number of carbonyl (C=O) groups excluding carboxylic acids is 1. The summed E-state index contributed by atoms with van der Waals surface area (Å²) in [7, 11) is 1.59. The van der Waals surface area contributed by atoms with Gasteiger partial charge >= 0.3 is 6.18 Å². The van der Waals surface area contributed by atoms with E-state index >= 15 is 0 Å². The van der Waals surface area contributed by atoms with Gasteiger partial charge in [0.1, 0.15) is 5.75 Å². The van der Waals surface area contributed by atoms with Crippen molar-refractivity contribution >= 4 is 38.3 Å². The number of rotatable bonds is 4. The lowest BCUT2D eigenvalue weighted by molar-refractivity contribution is -0.137. The molecule has 146 valence electrons. The fourth-order valence-corrected chi connectivity index (χ4v) is 3.94. The number of anilines is 2. The molecule has 1 N–H and O–H groups in total.